The van der Waals surface area contributed by atoms with Crippen molar-refractivity contribution in [1.82, 2.24) is 0 Å². The molecule has 1 fully saturated rings. The van der Waals surface area contributed by atoms with Gasteiger partial charge in [0.1, 0.15) is 5.75 Å². The Kier molecular flexibility index (Phi) is 9.92. The van der Waals surface area contributed by atoms with Crippen molar-refractivity contribution in [3.8, 4) is 5.75 Å². The van der Waals surface area contributed by atoms with Crippen LogP contribution in [0.1, 0.15) is 93.0 Å². The molecule has 0 aromatic heterocycles. The van der Waals surface area contributed by atoms with Crippen molar-refractivity contribution < 1.29 is 14.3 Å². The number of ether oxygens (including phenoxy) is 2. The summed E-state index contributed by atoms with van der Waals surface area (Å²) in [5.41, 5.74) is 14.2. The molecule has 5 heteroatoms. The lowest BCUT2D eigenvalue weighted by molar-refractivity contribution is 0.0497. The quantitative estimate of drug-likeness (QED) is 0.212. The fourth-order valence-corrected chi connectivity index (χ4v) is 4.82. The molecule has 0 bridgehead atoms. The molecule has 1 saturated carbocycles. The number of benzene rings is 2. The van der Waals surface area contributed by atoms with Crippen LogP contribution in [0.3, 0.4) is 0 Å². The van der Waals surface area contributed by atoms with Gasteiger partial charge in [0.2, 0.25) is 0 Å². The van der Waals surface area contributed by atoms with Crippen LogP contribution in [-0.2, 0) is 4.74 Å². The third-order valence-corrected chi connectivity index (χ3v) is 6.65. The molecular weight excluding hydrogens is 412 g/mol. The van der Waals surface area contributed by atoms with Gasteiger partial charge in [-0.05, 0) is 99.1 Å². The lowest BCUT2D eigenvalue weighted by Gasteiger charge is -2.28. The summed E-state index contributed by atoms with van der Waals surface area (Å²) in [6, 6.07) is 13.5. The van der Waals surface area contributed by atoms with Crippen molar-refractivity contribution in [3.05, 3.63) is 53.6 Å². The summed E-state index contributed by atoms with van der Waals surface area (Å²) >= 11 is 0. The third kappa shape index (κ3) is 8.30. The van der Waals surface area contributed by atoms with E-state index in [1.165, 1.54) is 44.1 Å². The number of carbonyl (C=O) groups excluding carboxylic acids is 1. The zero-order valence-electron chi connectivity index (χ0n) is 20.1. The molecule has 1 aliphatic rings. The predicted molar refractivity (Wildman–Crippen MR) is 136 cm³/mol. The highest BCUT2D eigenvalue weighted by Crippen LogP contribution is 2.37. The van der Waals surface area contributed by atoms with Gasteiger partial charge in [0.25, 0.3) is 0 Å². The van der Waals surface area contributed by atoms with Crippen LogP contribution in [0.4, 0.5) is 11.4 Å². The summed E-state index contributed by atoms with van der Waals surface area (Å²) in [4.78, 5) is 12.1. The standard InChI is InChI=1S/C28H40N2O3/c1-2-7-21-8-10-22(11-9-21)23-12-14-27(15-13-23)32-16-5-3-4-6-17-33-28(31)24-18-25(29)20-26(30)19-24/h12-15,18-22H,2-11,16-17,29-30H2,1H3/t21-,22-. The van der Waals surface area contributed by atoms with Gasteiger partial charge in [-0.15, -0.1) is 0 Å². The minimum atomic E-state index is -0.380. The van der Waals surface area contributed by atoms with Crippen LogP contribution in [0.25, 0.3) is 0 Å². The number of nitrogen functional groups attached to an aromatic ring is 2. The Morgan fingerprint density at radius 1 is 0.879 bits per heavy atom. The summed E-state index contributed by atoms with van der Waals surface area (Å²) in [6.45, 7) is 3.41. The van der Waals surface area contributed by atoms with Crippen molar-refractivity contribution in [1.29, 1.82) is 0 Å². The highest BCUT2D eigenvalue weighted by molar-refractivity contribution is 5.91. The van der Waals surface area contributed by atoms with E-state index in [1.54, 1.807) is 18.2 Å². The first kappa shape index (κ1) is 24.9. The van der Waals surface area contributed by atoms with Crippen molar-refractivity contribution in [2.45, 2.75) is 77.0 Å². The largest absolute Gasteiger partial charge is 0.494 e. The summed E-state index contributed by atoms with van der Waals surface area (Å²) < 4.78 is 11.2. The molecule has 0 spiro atoms. The van der Waals surface area contributed by atoms with E-state index in [0.717, 1.165) is 43.3 Å². The summed E-state index contributed by atoms with van der Waals surface area (Å²) in [5, 5.41) is 0. The van der Waals surface area contributed by atoms with E-state index in [-0.39, 0.29) is 5.97 Å². The Bertz CT molecular complexity index is 838. The molecule has 0 unspecified atom stereocenters. The molecule has 180 valence electrons. The number of anilines is 2. The number of unbranched alkanes of at least 4 members (excludes halogenated alkanes) is 3. The van der Waals surface area contributed by atoms with Gasteiger partial charge in [-0.1, -0.05) is 31.9 Å². The topological polar surface area (TPSA) is 87.6 Å². The molecule has 0 aliphatic heterocycles. The van der Waals surface area contributed by atoms with Gasteiger partial charge < -0.3 is 20.9 Å². The highest BCUT2D eigenvalue weighted by Gasteiger charge is 2.21. The van der Waals surface area contributed by atoms with Gasteiger partial charge in [-0.2, -0.15) is 0 Å². The second kappa shape index (κ2) is 13.1. The van der Waals surface area contributed by atoms with Gasteiger partial charge in [0.05, 0.1) is 18.8 Å². The smallest absolute Gasteiger partial charge is 0.338 e. The minimum Gasteiger partial charge on any atom is -0.494 e. The van der Waals surface area contributed by atoms with Crippen LogP contribution in [-0.4, -0.2) is 19.2 Å². The van der Waals surface area contributed by atoms with E-state index >= 15 is 0 Å². The number of rotatable bonds is 12. The molecular formula is C28H40N2O3. The monoisotopic (exact) mass is 452 g/mol. The van der Waals surface area contributed by atoms with E-state index in [0.29, 0.717) is 30.2 Å². The molecule has 4 N–H and O–H groups in total. The van der Waals surface area contributed by atoms with Crippen molar-refractivity contribution in [2.75, 3.05) is 24.7 Å². The van der Waals surface area contributed by atoms with Crippen molar-refractivity contribution >= 4 is 17.3 Å². The molecule has 0 amide bonds. The molecule has 0 heterocycles. The Morgan fingerprint density at radius 2 is 1.52 bits per heavy atom. The van der Waals surface area contributed by atoms with E-state index < -0.39 is 0 Å². The number of carbonyl (C=O) groups is 1. The number of hydrogen-bond donors (Lipinski definition) is 2. The molecule has 1 aliphatic carbocycles. The molecule has 2 aromatic rings. The first-order valence-electron chi connectivity index (χ1n) is 12.6. The van der Waals surface area contributed by atoms with E-state index in [4.69, 9.17) is 20.9 Å². The number of esters is 1. The third-order valence-electron chi connectivity index (χ3n) is 6.65. The van der Waals surface area contributed by atoms with Gasteiger partial charge in [0.15, 0.2) is 0 Å². The zero-order valence-corrected chi connectivity index (χ0v) is 20.1. The molecule has 0 atom stereocenters. The number of nitrogens with two attached hydrogens (primary N) is 2. The minimum absolute atomic E-state index is 0.380. The first-order valence-corrected chi connectivity index (χ1v) is 12.6. The van der Waals surface area contributed by atoms with Crippen LogP contribution in [0.2, 0.25) is 0 Å². The summed E-state index contributed by atoms with van der Waals surface area (Å²) in [7, 11) is 0. The Hall–Kier alpha value is -2.69. The van der Waals surface area contributed by atoms with Crippen LogP contribution in [0.15, 0.2) is 42.5 Å². The highest BCUT2D eigenvalue weighted by atomic mass is 16.5. The fourth-order valence-electron chi connectivity index (χ4n) is 4.82. The second-order valence-electron chi connectivity index (χ2n) is 9.36. The Morgan fingerprint density at radius 3 is 2.15 bits per heavy atom. The Balaban J connectivity index is 1.24. The van der Waals surface area contributed by atoms with E-state index in [1.807, 2.05) is 0 Å². The van der Waals surface area contributed by atoms with Gasteiger partial charge in [-0.25, -0.2) is 4.79 Å². The van der Waals surface area contributed by atoms with Gasteiger partial charge in [0, 0.05) is 11.4 Å². The van der Waals surface area contributed by atoms with Crippen LogP contribution in [0.5, 0.6) is 5.75 Å². The molecule has 3 rings (SSSR count). The predicted octanol–water partition coefficient (Wildman–Crippen LogP) is 6.72. The second-order valence-corrected chi connectivity index (χ2v) is 9.36. The summed E-state index contributed by atoms with van der Waals surface area (Å²) in [5.74, 6) is 2.24. The Labute approximate surface area is 198 Å². The molecule has 0 radical (unpaired) electrons. The molecule has 5 nitrogen and oxygen atoms in total. The molecule has 2 aromatic carbocycles. The average Bonchev–Trinajstić information content (AvgIpc) is 2.81. The maximum absolute atomic E-state index is 12.1. The van der Waals surface area contributed by atoms with Crippen LogP contribution in [0, 0.1) is 5.92 Å². The maximum Gasteiger partial charge on any atom is 0.338 e. The molecule has 0 saturated heterocycles. The average molecular weight is 453 g/mol. The van der Waals surface area contributed by atoms with Crippen LogP contribution < -0.4 is 16.2 Å². The van der Waals surface area contributed by atoms with E-state index in [2.05, 4.69) is 31.2 Å². The van der Waals surface area contributed by atoms with Crippen molar-refractivity contribution in [3.63, 3.8) is 0 Å². The van der Waals surface area contributed by atoms with E-state index in [9.17, 15) is 4.79 Å². The summed E-state index contributed by atoms with van der Waals surface area (Å²) in [6.07, 6.45) is 12.0. The van der Waals surface area contributed by atoms with Gasteiger partial charge >= 0.3 is 5.97 Å². The zero-order chi connectivity index (χ0) is 23.5. The SMILES string of the molecule is CCC[C@H]1CC[C@H](c2ccc(OCCCCCCOC(=O)c3cc(N)cc(N)c3)cc2)CC1. The molecule has 33 heavy (non-hydrogen) atoms. The number of hydrogen-bond acceptors (Lipinski definition) is 5. The van der Waals surface area contributed by atoms with Gasteiger partial charge in [-0.3, -0.25) is 0 Å². The normalized spacial score (nSPS) is 18.1. The lowest BCUT2D eigenvalue weighted by atomic mass is 9.77. The first-order chi connectivity index (χ1) is 16.0. The maximum atomic E-state index is 12.1. The fraction of sp³-hybridized carbons (Fsp3) is 0.536. The van der Waals surface area contributed by atoms with Crippen LogP contribution >= 0.6 is 0 Å². The van der Waals surface area contributed by atoms with Crippen molar-refractivity contribution in [2.24, 2.45) is 5.92 Å². The lowest BCUT2D eigenvalue weighted by Crippen LogP contribution is -2.13.